The van der Waals surface area contributed by atoms with Gasteiger partial charge < -0.3 is 9.64 Å². The highest BCUT2D eigenvalue weighted by molar-refractivity contribution is 7.12. The summed E-state index contributed by atoms with van der Waals surface area (Å²) in [6.45, 7) is 5.12. The van der Waals surface area contributed by atoms with Gasteiger partial charge >= 0.3 is 0 Å². The van der Waals surface area contributed by atoms with Crippen molar-refractivity contribution >= 4 is 22.7 Å². The molecule has 2 aromatic rings. The Bertz CT molecular complexity index is 572. The smallest absolute Gasteiger partial charge is 0.0917 e. The summed E-state index contributed by atoms with van der Waals surface area (Å²) in [6.07, 6.45) is 3.83. The summed E-state index contributed by atoms with van der Waals surface area (Å²) in [5, 5.41) is 0. The van der Waals surface area contributed by atoms with Gasteiger partial charge in [-0.25, -0.2) is 4.98 Å². The summed E-state index contributed by atoms with van der Waals surface area (Å²) < 4.78 is 5.76. The van der Waals surface area contributed by atoms with Crippen molar-refractivity contribution in [1.29, 1.82) is 0 Å². The summed E-state index contributed by atoms with van der Waals surface area (Å²) in [4.78, 5) is 10.9. The molecular weight excluding hydrogens is 300 g/mol. The molecule has 1 saturated heterocycles. The minimum absolute atomic E-state index is 0.355. The van der Waals surface area contributed by atoms with Crippen LogP contribution in [0.5, 0.6) is 0 Å². The van der Waals surface area contributed by atoms with Crippen LogP contribution in [0.25, 0.3) is 0 Å². The molecule has 3 heterocycles. The third-order valence-electron chi connectivity index (χ3n) is 3.92. The largest absolute Gasteiger partial charge is 0.373 e. The monoisotopic (exact) mass is 322 g/mol. The quantitative estimate of drug-likeness (QED) is 0.802. The molecule has 1 aliphatic heterocycles. The predicted octanol–water partition coefficient (Wildman–Crippen LogP) is 4.04. The van der Waals surface area contributed by atoms with Crippen molar-refractivity contribution < 1.29 is 4.74 Å². The zero-order valence-corrected chi connectivity index (χ0v) is 14.3. The lowest BCUT2D eigenvalue weighted by molar-refractivity contribution is 0.114. The van der Waals surface area contributed by atoms with Gasteiger partial charge in [-0.15, -0.1) is 22.7 Å². The number of aromatic nitrogens is 1. The third kappa shape index (κ3) is 3.92. The van der Waals surface area contributed by atoms with E-state index in [0.717, 1.165) is 26.1 Å². The van der Waals surface area contributed by atoms with E-state index in [4.69, 9.17) is 4.74 Å². The second-order valence-electron chi connectivity index (χ2n) is 5.65. The maximum Gasteiger partial charge on any atom is 0.0917 e. The summed E-state index contributed by atoms with van der Waals surface area (Å²) in [6, 6.07) is 4.51. The van der Waals surface area contributed by atoms with Crippen LogP contribution in [-0.2, 0) is 17.7 Å². The fourth-order valence-corrected chi connectivity index (χ4v) is 4.61. The highest BCUT2D eigenvalue weighted by Gasteiger charge is 2.19. The maximum absolute atomic E-state index is 5.76. The van der Waals surface area contributed by atoms with Gasteiger partial charge in [-0.05, 0) is 45.4 Å². The van der Waals surface area contributed by atoms with Crippen molar-refractivity contribution in [1.82, 2.24) is 9.88 Å². The van der Waals surface area contributed by atoms with Gasteiger partial charge in [0.1, 0.15) is 0 Å². The normalized spacial score (nSPS) is 18.7. The van der Waals surface area contributed by atoms with Crippen molar-refractivity contribution in [2.24, 2.45) is 0 Å². The average molecular weight is 322 g/mol. The van der Waals surface area contributed by atoms with Gasteiger partial charge in [-0.3, -0.25) is 0 Å². The Kier molecular flexibility index (Phi) is 5.06. The number of likely N-dealkylation sites (N-methyl/N-ethyl adjacent to an activating group) is 1. The fourth-order valence-electron chi connectivity index (χ4n) is 2.66. The van der Waals surface area contributed by atoms with Crippen LogP contribution in [0, 0.1) is 6.92 Å². The second kappa shape index (κ2) is 7.01. The Morgan fingerprint density at radius 3 is 3.05 bits per heavy atom. The van der Waals surface area contributed by atoms with Crippen molar-refractivity contribution in [3.05, 3.63) is 38.0 Å². The van der Waals surface area contributed by atoms with Gasteiger partial charge in [0, 0.05) is 34.3 Å². The van der Waals surface area contributed by atoms with Crippen LogP contribution in [0.15, 0.2) is 17.6 Å². The number of hydrogen-bond donors (Lipinski definition) is 0. The number of hydrogen-bond acceptors (Lipinski definition) is 5. The molecule has 0 aromatic carbocycles. The Labute approximate surface area is 134 Å². The molecule has 21 heavy (non-hydrogen) atoms. The number of nitrogens with zero attached hydrogens (tertiary/aromatic N) is 2. The van der Waals surface area contributed by atoms with Gasteiger partial charge in [-0.2, -0.15) is 0 Å². The van der Waals surface area contributed by atoms with Crippen LogP contribution in [-0.4, -0.2) is 30.1 Å². The first kappa shape index (κ1) is 15.2. The fraction of sp³-hybridized carbons (Fsp3) is 0.562. The highest BCUT2D eigenvalue weighted by atomic mass is 32.1. The summed E-state index contributed by atoms with van der Waals surface area (Å²) in [5.41, 5.74) is 3.13. The number of rotatable bonds is 6. The molecule has 1 aliphatic rings. The maximum atomic E-state index is 5.76. The summed E-state index contributed by atoms with van der Waals surface area (Å²) in [7, 11) is 2.20. The van der Waals surface area contributed by atoms with Gasteiger partial charge in [0.2, 0.25) is 0 Å². The molecule has 1 fully saturated rings. The molecule has 0 aliphatic carbocycles. The van der Waals surface area contributed by atoms with Crippen LogP contribution in [0.1, 0.15) is 39.3 Å². The number of thiophene rings is 1. The average Bonchev–Trinajstić information content (AvgIpc) is 3.17. The van der Waals surface area contributed by atoms with Crippen molar-refractivity contribution in [3.63, 3.8) is 0 Å². The van der Waals surface area contributed by atoms with Crippen LogP contribution in [0.4, 0.5) is 0 Å². The lowest BCUT2D eigenvalue weighted by atomic mass is 10.2. The van der Waals surface area contributed by atoms with E-state index < -0.39 is 0 Å². The van der Waals surface area contributed by atoms with E-state index in [2.05, 4.69) is 36.0 Å². The van der Waals surface area contributed by atoms with Crippen LogP contribution in [0.2, 0.25) is 0 Å². The third-order valence-corrected chi connectivity index (χ3v) is 6.08. The molecule has 3 nitrogen and oxygen atoms in total. The molecule has 0 saturated carbocycles. The lowest BCUT2D eigenvalue weighted by Gasteiger charge is -2.15. The Morgan fingerprint density at radius 2 is 2.33 bits per heavy atom. The molecule has 0 radical (unpaired) electrons. The van der Waals surface area contributed by atoms with Gasteiger partial charge in [0.25, 0.3) is 0 Å². The Hall–Kier alpha value is -0.750. The van der Waals surface area contributed by atoms with Gasteiger partial charge in [0.05, 0.1) is 17.3 Å². The van der Waals surface area contributed by atoms with E-state index in [1.807, 2.05) is 16.8 Å². The van der Waals surface area contributed by atoms with Crippen LogP contribution >= 0.6 is 22.7 Å². The van der Waals surface area contributed by atoms with Crippen LogP contribution < -0.4 is 0 Å². The van der Waals surface area contributed by atoms with E-state index >= 15 is 0 Å². The molecular formula is C16H22N2OS2. The Balaban J connectivity index is 1.50. The second-order valence-corrected chi connectivity index (χ2v) is 7.79. The summed E-state index contributed by atoms with van der Waals surface area (Å²) >= 11 is 3.68. The first-order valence-electron chi connectivity index (χ1n) is 7.50. The number of ether oxygens (including phenoxy) is 1. The van der Waals surface area contributed by atoms with E-state index in [1.165, 1.54) is 33.2 Å². The lowest BCUT2D eigenvalue weighted by Crippen LogP contribution is -2.20. The molecule has 0 amide bonds. The van der Waals surface area contributed by atoms with Crippen molar-refractivity contribution in [2.75, 3.05) is 20.2 Å². The Morgan fingerprint density at radius 1 is 1.43 bits per heavy atom. The van der Waals surface area contributed by atoms with E-state index in [1.54, 1.807) is 11.3 Å². The molecule has 0 spiro atoms. The van der Waals surface area contributed by atoms with E-state index in [0.29, 0.717) is 6.10 Å². The zero-order valence-electron chi connectivity index (χ0n) is 12.7. The first-order valence-corrected chi connectivity index (χ1v) is 9.19. The van der Waals surface area contributed by atoms with Gasteiger partial charge in [-0.1, -0.05) is 0 Å². The standard InChI is InChI=1S/C16H22N2OS2/c1-12-15(20-11-17-12)7-8-18(2)10-13-5-6-16(21-13)14-4-3-9-19-14/h5-6,11,14H,3-4,7-10H2,1-2H3/t14-/m0/s1. The SMILES string of the molecule is Cc1ncsc1CCN(C)Cc1ccc([C@@H]2CCCO2)s1. The van der Waals surface area contributed by atoms with E-state index in [9.17, 15) is 0 Å². The number of thiazole rings is 1. The summed E-state index contributed by atoms with van der Waals surface area (Å²) in [5.74, 6) is 0. The van der Waals surface area contributed by atoms with E-state index in [-0.39, 0.29) is 0 Å². The van der Waals surface area contributed by atoms with Crippen LogP contribution in [0.3, 0.4) is 0 Å². The molecule has 1 atom stereocenters. The molecule has 2 aromatic heterocycles. The molecule has 0 bridgehead atoms. The molecule has 114 valence electrons. The molecule has 3 rings (SSSR count). The number of aryl methyl sites for hydroxylation is 1. The molecule has 5 heteroatoms. The predicted molar refractivity (Wildman–Crippen MR) is 89.1 cm³/mol. The topological polar surface area (TPSA) is 25.4 Å². The minimum atomic E-state index is 0.355. The van der Waals surface area contributed by atoms with Gasteiger partial charge in [0.15, 0.2) is 0 Å². The first-order chi connectivity index (χ1) is 10.2. The molecule has 0 unspecified atom stereocenters. The highest BCUT2D eigenvalue weighted by Crippen LogP contribution is 2.33. The van der Waals surface area contributed by atoms with Crippen molar-refractivity contribution in [2.45, 2.75) is 38.8 Å². The zero-order chi connectivity index (χ0) is 14.7. The molecule has 0 N–H and O–H groups in total. The minimum Gasteiger partial charge on any atom is -0.373 e. The van der Waals surface area contributed by atoms with Crippen molar-refractivity contribution in [3.8, 4) is 0 Å².